The number of amides is 1. The fourth-order valence-corrected chi connectivity index (χ4v) is 2.57. The molecule has 0 aliphatic heterocycles. The summed E-state index contributed by atoms with van der Waals surface area (Å²) in [4.78, 5) is 13.6. The van der Waals surface area contributed by atoms with Gasteiger partial charge in [0.1, 0.15) is 5.75 Å². The molecule has 1 amide bonds. The molecule has 1 aromatic heterocycles. The van der Waals surface area contributed by atoms with Crippen LogP contribution in [0.3, 0.4) is 0 Å². The maximum Gasteiger partial charge on any atom is 0.261 e. The maximum atomic E-state index is 12.1. The van der Waals surface area contributed by atoms with E-state index in [2.05, 4.69) is 17.2 Å². The van der Waals surface area contributed by atoms with Gasteiger partial charge >= 0.3 is 0 Å². The van der Waals surface area contributed by atoms with Crippen molar-refractivity contribution in [2.75, 3.05) is 13.7 Å². The zero-order valence-electron chi connectivity index (χ0n) is 11.7. The molecular formula is C16H16N2O2S. The van der Waals surface area contributed by atoms with Crippen LogP contribution < -0.4 is 15.8 Å². The van der Waals surface area contributed by atoms with E-state index in [-0.39, 0.29) is 5.91 Å². The Morgan fingerprint density at radius 2 is 2.14 bits per heavy atom. The van der Waals surface area contributed by atoms with E-state index in [9.17, 15) is 4.79 Å². The molecule has 108 valence electrons. The molecule has 1 aromatic carbocycles. The van der Waals surface area contributed by atoms with Gasteiger partial charge in [0.2, 0.25) is 0 Å². The lowest BCUT2D eigenvalue weighted by atomic mass is 10.2. The highest BCUT2D eigenvalue weighted by Crippen LogP contribution is 2.18. The van der Waals surface area contributed by atoms with Crippen LogP contribution in [0.5, 0.6) is 5.75 Å². The summed E-state index contributed by atoms with van der Waals surface area (Å²) in [5.41, 5.74) is 6.26. The van der Waals surface area contributed by atoms with Gasteiger partial charge in [-0.2, -0.15) is 0 Å². The van der Waals surface area contributed by atoms with Gasteiger partial charge < -0.3 is 15.8 Å². The van der Waals surface area contributed by atoms with Crippen LogP contribution in [0.15, 0.2) is 36.4 Å². The van der Waals surface area contributed by atoms with Gasteiger partial charge in [-0.15, -0.1) is 11.3 Å². The first-order valence-electron chi connectivity index (χ1n) is 6.43. The second-order valence-corrected chi connectivity index (χ2v) is 5.25. The van der Waals surface area contributed by atoms with Gasteiger partial charge in [0.05, 0.1) is 23.4 Å². The lowest BCUT2D eigenvalue weighted by Gasteiger charge is -2.08. The number of ether oxygens (including phenoxy) is 1. The predicted molar refractivity (Wildman–Crippen MR) is 84.4 cm³/mol. The first-order chi connectivity index (χ1) is 10.2. The third kappa shape index (κ3) is 4.09. The molecule has 1 heterocycles. The summed E-state index contributed by atoms with van der Waals surface area (Å²) < 4.78 is 5.25. The Kier molecular flexibility index (Phi) is 5.38. The minimum Gasteiger partial charge on any atom is -0.496 e. The summed E-state index contributed by atoms with van der Waals surface area (Å²) in [6.45, 7) is 0.734. The van der Waals surface area contributed by atoms with Crippen molar-refractivity contribution in [3.63, 3.8) is 0 Å². The van der Waals surface area contributed by atoms with Gasteiger partial charge in [-0.3, -0.25) is 4.79 Å². The number of nitrogens with two attached hydrogens (primary N) is 1. The van der Waals surface area contributed by atoms with Crippen molar-refractivity contribution >= 4 is 17.2 Å². The zero-order chi connectivity index (χ0) is 15.1. The molecule has 21 heavy (non-hydrogen) atoms. The number of hydrogen-bond donors (Lipinski definition) is 2. The van der Waals surface area contributed by atoms with Gasteiger partial charge in [-0.1, -0.05) is 30.0 Å². The molecule has 3 N–H and O–H groups in total. The highest BCUT2D eigenvalue weighted by Gasteiger charge is 2.09. The van der Waals surface area contributed by atoms with E-state index in [0.29, 0.717) is 18.0 Å². The fraction of sp³-hybridized carbons (Fsp3) is 0.188. The van der Waals surface area contributed by atoms with E-state index in [1.165, 1.54) is 11.3 Å². The number of para-hydroxylation sites is 1. The van der Waals surface area contributed by atoms with Crippen molar-refractivity contribution in [2.24, 2.45) is 5.73 Å². The Hall–Kier alpha value is -2.29. The Morgan fingerprint density at radius 3 is 2.90 bits per heavy atom. The summed E-state index contributed by atoms with van der Waals surface area (Å²) in [5.74, 6) is 6.33. The Balaban J connectivity index is 2.00. The van der Waals surface area contributed by atoms with Gasteiger partial charge in [0.25, 0.3) is 5.91 Å². The maximum absolute atomic E-state index is 12.1. The molecule has 0 atom stereocenters. The van der Waals surface area contributed by atoms with Crippen LogP contribution in [0.1, 0.15) is 20.1 Å². The molecule has 4 nitrogen and oxygen atoms in total. The molecule has 0 fully saturated rings. The zero-order valence-corrected chi connectivity index (χ0v) is 12.5. The molecule has 0 aliphatic carbocycles. The monoisotopic (exact) mass is 300 g/mol. The normalized spacial score (nSPS) is 9.62. The average Bonchev–Trinajstić information content (AvgIpc) is 2.99. The largest absolute Gasteiger partial charge is 0.496 e. The van der Waals surface area contributed by atoms with Gasteiger partial charge in [0, 0.05) is 12.1 Å². The van der Waals surface area contributed by atoms with Crippen molar-refractivity contribution in [3.05, 3.63) is 51.7 Å². The number of rotatable bonds is 4. The number of thiophene rings is 1. The summed E-state index contributed by atoms with van der Waals surface area (Å²) >= 11 is 1.35. The van der Waals surface area contributed by atoms with Crippen LogP contribution in [0, 0.1) is 11.8 Å². The molecule has 0 bridgehead atoms. The molecular weight excluding hydrogens is 284 g/mol. The molecule has 0 saturated heterocycles. The van der Waals surface area contributed by atoms with Crippen LogP contribution in [0.25, 0.3) is 0 Å². The van der Waals surface area contributed by atoms with E-state index >= 15 is 0 Å². The van der Waals surface area contributed by atoms with Crippen LogP contribution in [0.2, 0.25) is 0 Å². The summed E-state index contributed by atoms with van der Waals surface area (Å²) in [6.07, 6.45) is 0. The molecule has 2 aromatic rings. The van der Waals surface area contributed by atoms with Crippen molar-refractivity contribution < 1.29 is 9.53 Å². The van der Waals surface area contributed by atoms with E-state index in [1.54, 1.807) is 13.2 Å². The first kappa shape index (κ1) is 15.1. The highest BCUT2D eigenvalue weighted by atomic mass is 32.1. The fourth-order valence-electron chi connectivity index (χ4n) is 1.78. The number of nitrogens with one attached hydrogen (secondary N) is 1. The Morgan fingerprint density at radius 1 is 1.33 bits per heavy atom. The summed E-state index contributed by atoms with van der Waals surface area (Å²) in [6, 6.07) is 11.2. The van der Waals surface area contributed by atoms with Crippen molar-refractivity contribution in [3.8, 4) is 17.6 Å². The number of benzene rings is 1. The molecule has 5 heteroatoms. The van der Waals surface area contributed by atoms with Crippen LogP contribution >= 0.6 is 11.3 Å². The standard InChI is InChI=1S/C16H16N2O2S/c1-20-14-7-3-2-5-12(14)11-18-16(19)15-9-8-13(21-15)6-4-10-17/h2-3,5,7-9H,10-11,17H2,1H3,(H,18,19). The average molecular weight is 300 g/mol. The molecule has 0 radical (unpaired) electrons. The second-order valence-electron chi connectivity index (χ2n) is 4.16. The summed E-state index contributed by atoms with van der Waals surface area (Å²) in [5, 5.41) is 2.88. The lowest BCUT2D eigenvalue weighted by molar-refractivity contribution is 0.0955. The minimum absolute atomic E-state index is 0.119. The Bertz CT molecular complexity index is 683. The van der Waals surface area contributed by atoms with Gasteiger partial charge in [-0.05, 0) is 18.2 Å². The molecule has 0 spiro atoms. The minimum atomic E-state index is -0.119. The first-order valence-corrected chi connectivity index (χ1v) is 7.25. The molecule has 0 saturated carbocycles. The smallest absolute Gasteiger partial charge is 0.261 e. The molecule has 0 unspecified atom stereocenters. The highest BCUT2D eigenvalue weighted by molar-refractivity contribution is 7.14. The van der Waals surface area contributed by atoms with E-state index < -0.39 is 0 Å². The van der Waals surface area contributed by atoms with Crippen LogP contribution in [0.4, 0.5) is 0 Å². The van der Waals surface area contributed by atoms with Crippen LogP contribution in [-0.2, 0) is 6.54 Å². The third-order valence-corrected chi connectivity index (χ3v) is 3.77. The van der Waals surface area contributed by atoms with Gasteiger partial charge in [0.15, 0.2) is 0 Å². The van der Waals surface area contributed by atoms with E-state index in [4.69, 9.17) is 10.5 Å². The quantitative estimate of drug-likeness (QED) is 0.849. The molecule has 0 aliphatic rings. The third-order valence-electron chi connectivity index (χ3n) is 2.78. The van der Waals surface area contributed by atoms with Crippen molar-refractivity contribution in [1.82, 2.24) is 5.32 Å². The van der Waals surface area contributed by atoms with Gasteiger partial charge in [-0.25, -0.2) is 0 Å². The van der Waals surface area contributed by atoms with Crippen LogP contribution in [-0.4, -0.2) is 19.6 Å². The number of methoxy groups -OCH3 is 1. The number of carbonyl (C=O) groups is 1. The summed E-state index contributed by atoms with van der Waals surface area (Å²) in [7, 11) is 1.61. The topological polar surface area (TPSA) is 64.3 Å². The van der Waals surface area contributed by atoms with E-state index in [0.717, 1.165) is 16.2 Å². The van der Waals surface area contributed by atoms with E-state index in [1.807, 2.05) is 30.3 Å². The second kappa shape index (κ2) is 7.48. The van der Waals surface area contributed by atoms with Crippen molar-refractivity contribution in [2.45, 2.75) is 6.54 Å². The number of hydrogen-bond acceptors (Lipinski definition) is 4. The predicted octanol–water partition coefficient (Wildman–Crippen LogP) is 2.00. The number of carbonyl (C=O) groups excluding carboxylic acids is 1. The SMILES string of the molecule is COc1ccccc1CNC(=O)c1ccc(C#CCN)s1. The van der Waals surface area contributed by atoms with Crippen molar-refractivity contribution in [1.29, 1.82) is 0 Å². The Labute approximate surface area is 127 Å². The molecule has 2 rings (SSSR count). The lowest BCUT2D eigenvalue weighted by Crippen LogP contribution is -2.22.